The molecule has 0 aliphatic heterocycles. The smallest absolute Gasteiger partial charge is 0.134 e. The van der Waals surface area contributed by atoms with Gasteiger partial charge in [-0.1, -0.05) is 6.42 Å². The van der Waals surface area contributed by atoms with Crippen molar-refractivity contribution < 1.29 is 0 Å². The Labute approximate surface area is 103 Å². The van der Waals surface area contributed by atoms with Gasteiger partial charge in [0.05, 0.1) is 0 Å². The van der Waals surface area contributed by atoms with Gasteiger partial charge in [0.2, 0.25) is 0 Å². The fourth-order valence-electron chi connectivity index (χ4n) is 3.59. The summed E-state index contributed by atoms with van der Waals surface area (Å²) in [6.45, 7) is 5.10. The molecule has 3 nitrogen and oxygen atoms in total. The van der Waals surface area contributed by atoms with Gasteiger partial charge < -0.3 is 5.32 Å². The predicted octanol–water partition coefficient (Wildman–Crippen LogP) is 3.12. The number of aromatic nitrogens is 2. The molecule has 2 aliphatic rings. The molecule has 17 heavy (non-hydrogen) atoms. The zero-order chi connectivity index (χ0) is 11.8. The highest BCUT2D eigenvalue weighted by Gasteiger charge is 2.41. The first-order chi connectivity index (χ1) is 8.26. The molecule has 0 radical (unpaired) electrons. The molecule has 0 aromatic carbocycles. The van der Waals surface area contributed by atoms with Gasteiger partial charge in [-0.05, 0) is 44.9 Å². The summed E-state index contributed by atoms with van der Waals surface area (Å²) in [6, 6.07) is 2.04. The Kier molecular flexibility index (Phi) is 2.77. The second-order valence-corrected chi connectivity index (χ2v) is 5.56. The molecule has 2 fully saturated rings. The van der Waals surface area contributed by atoms with E-state index in [0.717, 1.165) is 35.7 Å². The van der Waals surface area contributed by atoms with Crippen LogP contribution >= 0.6 is 0 Å². The normalized spacial score (nSPS) is 30.8. The van der Waals surface area contributed by atoms with Crippen molar-refractivity contribution in [1.82, 2.24) is 9.97 Å². The molecular weight excluding hydrogens is 210 g/mol. The number of anilines is 1. The van der Waals surface area contributed by atoms with Gasteiger partial charge in [0, 0.05) is 24.2 Å². The number of fused-ring (bicyclic) bond motifs is 2. The van der Waals surface area contributed by atoms with Crippen LogP contribution < -0.4 is 5.32 Å². The van der Waals surface area contributed by atoms with Crippen molar-refractivity contribution in [3.05, 3.63) is 17.6 Å². The highest BCUT2D eigenvalue weighted by molar-refractivity contribution is 5.36. The second kappa shape index (κ2) is 4.28. The van der Waals surface area contributed by atoms with E-state index in [9.17, 15) is 0 Å². The second-order valence-electron chi connectivity index (χ2n) is 5.56. The van der Waals surface area contributed by atoms with E-state index >= 15 is 0 Å². The van der Waals surface area contributed by atoms with E-state index in [4.69, 9.17) is 4.98 Å². The largest absolute Gasteiger partial charge is 0.370 e. The fourth-order valence-corrected chi connectivity index (χ4v) is 3.59. The maximum absolute atomic E-state index is 4.70. The molecule has 2 bridgehead atoms. The Morgan fingerprint density at radius 1 is 1.29 bits per heavy atom. The minimum Gasteiger partial charge on any atom is -0.370 e. The molecule has 1 aromatic rings. The summed E-state index contributed by atoms with van der Waals surface area (Å²) >= 11 is 0. The Bertz CT molecular complexity index is 416. The molecule has 2 saturated carbocycles. The Balaban J connectivity index is 1.87. The van der Waals surface area contributed by atoms with E-state index in [2.05, 4.69) is 24.1 Å². The van der Waals surface area contributed by atoms with E-state index in [0.29, 0.717) is 5.92 Å². The summed E-state index contributed by atoms with van der Waals surface area (Å²) < 4.78 is 0. The number of hydrogen-bond acceptors (Lipinski definition) is 3. The third-order valence-corrected chi connectivity index (χ3v) is 4.30. The van der Waals surface area contributed by atoms with Crippen LogP contribution in [-0.2, 0) is 0 Å². The van der Waals surface area contributed by atoms with E-state index in [1.165, 1.54) is 25.7 Å². The topological polar surface area (TPSA) is 37.8 Å². The lowest BCUT2D eigenvalue weighted by atomic mass is 9.88. The zero-order valence-electron chi connectivity index (χ0n) is 10.7. The third-order valence-electron chi connectivity index (χ3n) is 4.30. The minimum atomic E-state index is 0.631. The Morgan fingerprint density at radius 2 is 2.18 bits per heavy atom. The molecule has 0 amide bonds. The molecule has 1 heterocycles. The molecule has 92 valence electrons. The molecule has 3 unspecified atom stereocenters. The highest BCUT2D eigenvalue weighted by Crippen LogP contribution is 2.52. The van der Waals surface area contributed by atoms with Gasteiger partial charge in [-0.2, -0.15) is 0 Å². The lowest BCUT2D eigenvalue weighted by Gasteiger charge is -2.21. The fraction of sp³-hybridized carbons (Fsp3) is 0.714. The lowest BCUT2D eigenvalue weighted by molar-refractivity contribution is 0.405. The van der Waals surface area contributed by atoms with Crippen molar-refractivity contribution in [2.24, 2.45) is 11.8 Å². The van der Waals surface area contributed by atoms with E-state index < -0.39 is 0 Å². The van der Waals surface area contributed by atoms with Gasteiger partial charge in [-0.25, -0.2) is 9.97 Å². The summed E-state index contributed by atoms with van der Waals surface area (Å²) in [4.78, 5) is 9.37. The lowest BCUT2D eigenvalue weighted by Crippen LogP contribution is -2.14. The van der Waals surface area contributed by atoms with E-state index in [1.54, 1.807) is 0 Å². The van der Waals surface area contributed by atoms with Gasteiger partial charge in [-0.3, -0.25) is 0 Å². The first-order valence-electron chi connectivity index (χ1n) is 6.85. The van der Waals surface area contributed by atoms with Gasteiger partial charge in [-0.15, -0.1) is 0 Å². The van der Waals surface area contributed by atoms with Crippen molar-refractivity contribution in [3.8, 4) is 0 Å². The van der Waals surface area contributed by atoms with Crippen LogP contribution in [0.4, 0.5) is 5.82 Å². The molecule has 0 spiro atoms. The molecule has 1 aromatic heterocycles. The molecule has 1 N–H and O–H groups in total. The first kappa shape index (κ1) is 11.0. The molecule has 3 atom stereocenters. The summed E-state index contributed by atoms with van der Waals surface area (Å²) in [5.41, 5.74) is 1.09. The maximum atomic E-state index is 4.70. The molecular formula is C14H21N3. The van der Waals surface area contributed by atoms with Crippen molar-refractivity contribution in [2.45, 2.75) is 45.4 Å². The van der Waals surface area contributed by atoms with Crippen LogP contribution in [0.2, 0.25) is 0 Å². The average Bonchev–Trinajstić information content (AvgIpc) is 2.90. The average molecular weight is 231 g/mol. The van der Waals surface area contributed by atoms with Crippen LogP contribution in [0.3, 0.4) is 0 Å². The Morgan fingerprint density at radius 3 is 2.82 bits per heavy atom. The van der Waals surface area contributed by atoms with Crippen molar-refractivity contribution in [2.75, 3.05) is 11.9 Å². The summed E-state index contributed by atoms with van der Waals surface area (Å²) in [5.74, 6) is 4.53. The van der Waals surface area contributed by atoms with Gasteiger partial charge in [0.1, 0.15) is 11.6 Å². The summed E-state index contributed by atoms with van der Waals surface area (Å²) in [5, 5.41) is 3.31. The van der Waals surface area contributed by atoms with E-state index in [-0.39, 0.29) is 0 Å². The standard InChI is InChI=1S/C14H21N3/c1-3-15-13-6-9(2)16-14(17-13)12-8-10-4-5-11(12)7-10/h6,10-12H,3-5,7-8H2,1-2H3,(H,15,16,17). The predicted molar refractivity (Wildman–Crippen MR) is 69.1 cm³/mol. The highest BCUT2D eigenvalue weighted by atomic mass is 15.0. The molecule has 2 aliphatic carbocycles. The van der Waals surface area contributed by atoms with Crippen molar-refractivity contribution >= 4 is 5.82 Å². The monoisotopic (exact) mass is 231 g/mol. The minimum absolute atomic E-state index is 0.631. The van der Waals surface area contributed by atoms with Crippen molar-refractivity contribution in [3.63, 3.8) is 0 Å². The number of aryl methyl sites for hydroxylation is 1. The number of rotatable bonds is 3. The summed E-state index contributed by atoms with van der Waals surface area (Å²) in [6.07, 6.45) is 5.56. The summed E-state index contributed by atoms with van der Waals surface area (Å²) in [7, 11) is 0. The number of nitrogens with zero attached hydrogens (tertiary/aromatic N) is 2. The van der Waals surface area contributed by atoms with Crippen LogP contribution in [-0.4, -0.2) is 16.5 Å². The SMILES string of the molecule is CCNc1cc(C)nc(C2CC3CCC2C3)n1. The van der Waals surface area contributed by atoms with Gasteiger partial charge >= 0.3 is 0 Å². The molecule has 3 rings (SSSR count). The van der Waals surface area contributed by atoms with Gasteiger partial charge in [0.15, 0.2) is 0 Å². The van der Waals surface area contributed by atoms with Crippen LogP contribution in [0.25, 0.3) is 0 Å². The third kappa shape index (κ3) is 2.03. The molecule has 3 heteroatoms. The van der Waals surface area contributed by atoms with Crippen LogP contribution in [0.1, 0.15) is 50.0 Å². The zero-order valence-corrected chi connectivity index (χ0v) is 10.7. The maximum Gasteiger partial charge on any atom is 0.134 e. The van der Waals surface area contributed by atoms with Crippen LogP contribution in [0.5, 0.6) is 0 Å². The quantitative estimate of drug-likeness (QED) is 0.868. The van der Waals surface area contributed by atoms with Crippen LogP contribution in [0.15, 0.2) is 6.07 Å². The number of nitrogens with one attached hydrogen (secondary N) is 1. The number of hydrogen-bond donors (Lipinski definition) is 1. The first-order valence-corrected chi connectivity index (χ1v) is 6.85. The van der Waals surface area contributed by atoms with E-state index in [1.807, 2.05) is 6.07 Å². The van der Waals surface area contributed by atoms with Crippen LogP contribution in [0, 0.1) is 18.8 Å². The Hall–Kier alpha value is -1.12. The molecule has 0 saturated heterocycles. The van der Waals surface area contributed by atoms with Gasteiger partial charge in [0.25, 0.3) is 0 Å². The van der Waals surface area contributed by atoms with Crippen molar-refractivity contribution in [1.29, 1.82) is 0 Å².